The monoisotopic (exact) mass is 451 g/mol. The van der Waals surface area contributed by atoms with Crippen molar-refractivity contribution in [3.05, 3.63) is 41.7 Å². The van der Waals surface area contributed by atoms with Crippen molar-refractivity contribution in [2.24, 2.45) is 7.05 Å². The van der Waals surface area contributed by atoms with Crippen LogP contribution in [0.25, 0.3) is 10.9 Å². The Morgan fingerprint density at radius 2 is 2.12 bits per heavy atom. The average molecular weight is 452 g/mol. The van der Waals surface area contributed by atoms with Crippen molar-refractivity contribution in [1.29, 1.82) is 0 Å². The number of aryl methyl sites for hydroxylation is 2. The lowest BCUT2D eigenvalue weighted by molar-refractivity contribution is -0.122. The molecule has 2 aliphatic heterocycles. The van der Waals surface area contributed by atoms with E-state index in [9.17, 15) is 4.79 Å². The standard InChI is InChI=1S/C22H27N7O.CH2O2/c1-14-10-17(11-16-13-27(3)26-20(14)16)25-22(30)29-8-5-18-19(4-6-24-21(18)29)28-9-7-23-15(2)12-28;2-1-3/h4,6,10-11,13,15,23H,5,7-9,12H2,1-3H3,(H,25,30);1H,(H,2,3)/t15-;/m1./s1. The van der Waals surface area contributed by atoms with Crippen LogP contribution in [0.3, 0.4) is 0 Å². The first-order chi connectivity index (χ1) is 15.9. The van der Waals surface area contributed by atoms with Gasteiger partial charge in [0.1, 0.15) is 5.82 Å². The number of piperazine rings is 1. The van der Waals surface area contributed by atoms with Crippen LogP contribution in [0.15, 0.2) is 30.6 Å². The number of urea groups is 1. The Labute approximate surface area is 192 Å². The van der Waals surface area contributed by atoms with Crippen LogP contribution in [0.2, 0.25) is 0 Å². The Hall–Kier alpha value is -3.66. The smallest absolute Gasteiger partial charge is 0.327 e. The van der Waals surface area contributed by atoms with Gasteiger partial charge in [-0.25, -0.2) is 9.78 Å². The summed E-state index contributed by atoms with van der Waals surface area (Å²) in [6.45, 7) is 7.51. The molecule has 174 valence electrons. The highest BCUT2D eigenvalue weighted by atomic mass is 16.3. The predicted molar refractivity (Wildman–Crippen MR) is 128 cm³/mol. The number of anilines is 3. The van der Waals surface area contributed by atoms with Gasteiger partial charge in [0.05, 0.1) is 5.52 Å². The van der Waals surface area contributed by atoms with Crippen LogP contribution in [-0.4, -0.2) is 64.6 Å². The van der Waals surface area contributed by atoms with Gasteiger partial charge in [0, 0.05) is 74.0 Å². The number of hydrogen-bond donors (Lipinski definition) is 3. The normalized spacial score (nSPS) is 17.4. The van der Waals surface area contributed by atoms with Crippen molar-refractivity contribution in [3.63, 3.8) is 0 Å². The van der Waals surface area contributed by atoms with Gasteiger partial charge in [-0.05, 0) is 44.0 Å². The zero-order valence-corrected chi connectivity index (χ0v) is 19.1. The number of amides is 2. The van der Waals surface area contributed by atoms with Gasteiger partial charge in [-0.3, -0.25) is 14.4 Å². The number of hydrogen-bond acceptors (Lipinski definition) is 6. The van der Waals surface area contributed by atoms with Crippen molar-refractivity contribution in [3.8, 4) is 0 Å². The number of aromatic nitrogens is 3. The zero-order valence-electron chi connectivity index (χ0n) is 19.1. The third-order valence-corrected chi connectivity index (χ3v) is 5.97. The summed E-state index contributed by atoms with van der Waals surface area (Å²) in [5.41, 5.74) is 5.15. The first-order valence-electron chi connectivity index (χ1n) is 11.0. The Balaban J connectivity index is 0.000000821. The lowest BCUT2D eigenvalue weighted by Crippen LogP contribution is -2.49. The van der Waals surface area contributed by atoms with Gasteiger partial charge < -0.3 is 20.6 Å². The number of pyridine rings is 1. The topological polar surface area (TPSA) is 116 Å². The van der Waals surface area contributed by atoms with E-state index >= 15 is 0 Å². The number of carboxylic acid groups (broad SMARTS) is 1. The molecule has 2 amide bonds. The highest BCUT2D eigenvalue weighted by molar-refractivity contribution is 6.04. The molecule has 1 saturated heterocycles. The van der Waals surface area contributed by atoms with E-state index in [0.29, 0.717) is 12.6 Å². The maximum Gasteiger partial charge on any atom is 0.327 e. The highest BCUT2D eigenvalue weighted by Gasteiger charge is 2.30. The molecule has 0 unspecified atom stereocenters. The molecule has 3 aromatic rings. The van der Waals surface area contributed by atoms with Crippen LogP contribution in [0.5, 0.6) is 0 Å². The molecule has 3 N–H and O–H groups in total. The van der Waals surface area contributed by atoms with Gasteiger partial charge in [0.2, 0.25) is 0 Å². The van der Waals surface area contributed by atoms with Crippen LogP contribution in [-0.2, 0) is 18.3 Å². The fraction of sp³-hybridized carbons (Fsp3) is 0.391. The van der Waals surface area contributed by atoms with E-state index in [4.69, 9.17) is 9.90 Å². The van der Waals surface area contributed by atoms with Gasteiger partial charge in [0.25, 0.3) is 6.47 Å². The Kier molecular flexibility index (Phi) is 6.45. The van der Waals surface area contributed by atoms with Gasteiger partial charge in [-0.2, -0.15) is 5.10 Å². The van der Waals surface area contributed by atoms with Gasteiger partial charge in [0.15, 0.2) is 0 Å². The molecule has 0 radical (unpaired) electrons. The van der Waals surface area contributed by atoms with Gasteiger partial charge >= 0.3 is 6.03 Å². The molecule has 0 spiro atoms. The average Bonchev–Trinajstić information content (AvgIpc) is 3.37. The lowest BCUT2D eigenvalue weighted by atomic mass is 10.1. The minimum Gasteiger partial charge on any atom is -0.483 e. The number of carbonyl (C=O) groups is 2. The van der Waals surface area contributed by atoms with Gasteiger partial charge in [-0.1, -0.05) is 0 Å². The Morgan fingerprint density at radius 3 is 2.88 bits per heavy atom. The third-order valence-electron chi connectivity index (χ3n) is 5.97. The molecule has 2 aromatic heterocycles. The van der Waals surface area contributed by atoms with E-state index in [0.717, 1.165) is 54.0 Å². The molecule has 1 atom stereocenters. The van der Waals surface area contributed by atoms with E-state index in [1.54, 1.807) is 9.58 Å². The van der Waals surface area contributed by atoms with E-state index < -0.39 is 0 Å². The summed E-state index contributed by atoms with van der Waals surface area (Å²) in [5, 5.41) is 18.9. The second-order valence-corrected chi connectivity index (χ2v) is 8.40. The molecule has 10 nitrogen and oxygen atoms in total. The SMILES string of the molecule is Cc1cc(NC(=O)N2CCc3c(N4CCN[C@H](C)C4)ccnc32)cc2cn(C)nc12.O=CO. The highest BCUT2D eigenvalue weighted by Crippen LogP contribution is 2.34. The second kappa shape index (κ2) is 9.45. The number of nitrogens with one attached hydrogen (secondary N) is 2. The molecular formula is C23H29N7O3. The molecule has 1 aromatic carbocycles. The summed E-state index contributed by atoms with van der Waals surface area (Å²) in [4.78, 5) is 30.2. The van der Waals surface area contributed by atoms with Crippen molar-refractivity contribution in [2.45, 2.75) is 26.3 Å². The molecule has 2 aliphatic rings. The number of carbonyl (C=O) groups excluding carboxylic acids is 1. The van der Waals surface area contributed by atoms with E-state index in [1.165, 1.54) is 11.3 Å². The van der Waals surface area contributed by atoms with E-state index in [1.807, 2.05) is 38.5 Å². The maximum absolute atomic E-state index is 13.1. The molecular weight excluding hydrogens is 422 g/mol. The Bertz CT molecular complexity index is 1180. The largest absolute Gasteiger partial charge is 0.483 e. The summed E-state index contributed by atoms with van der Waals surface area (Å²) >= 11 is 0. The number of benzene rings is 1. The number of rotatable bonds is 2. The van der Waals surface area contributed by atoms with Crippen LogP contribution in [0, 0.1) is 6.92 Å². The van der Waals surface area contributed by atoms with Crippen LogP contribution in [0.4, 0.5) is 22.0 Å². The number of fused-ring (bicyclic) bond motifs is 2. The van der Waals surface area contributed by atoms with Crippen molar-refractivity contribution >= 4 is 40.6 Å². The predicted octanol–water partition coefficient (Wildman–Crippen LogP) is 2.37. The summed E-state index contributed by atoms with van der Waals surface area (Å²) < 4.78 is 1.79. The van der Waals surface area contributed by atoms with E-state index in [2.05, 4.69) is 38.6 Å². The first kappa shape index (κ1) is 22.5. The molecule has 0 aliphatic carbocycles. The summed E-state index contributed by atoms with van der Waals surface area (Å²) in [7, 11) is 1.90. The second-order valence-electron chi connectivity index (χ2n) is 8.40. The first-order valence-corrected chi connectivity index (χ1v) is 11.0. The quantitative estimate of drug-likeness (QED) is 0.512. The van der Waals surface area contributed by atoms with Crippen LogP contribution >= 0.6 is 0 Å². The van der Waals surface area contributed by atoms with E-state index in [-0.39, 0.29) is 12.5 Å². The molecule has 1 fully saturated rings. The van der Waals surface area contributed by atoms with Crippen molar-refractivity contribution in [1.82, 2.24) is 20.1 Å². The van der Waals surface area contributed by atoms with Gasteiger partial charge in [-0.15, -0.1) is 0 Å². The lowest BCUT2D eigenvalue weighted by Gasteiger charge is -2.34. The zero-order chi connectivity index (χ0) is 23.5. The van der Waals surface area contributed by atoms with Crippen molar-refractivity contribution in [2.75, 3.05) is 41.3 Å². The van der Waals surface area contributed by atoms with Crippen molar-refractivity contribution < 1.29 is 14.7 Å². The summed E-state index contributed by atoms with van der Waals surface area (Å²) in [6.07, 6.45) is 4.61. The summed E-state index contributed by atoms with van der Waals surface area (Å²) in [5.74, 6) is 0.773. The summed E-state index contributed by atoms with van der Waals surface area (Å²) in [6, 6.07) is 6.33. The fourth-order valence-corrected chi connectivity index (χ4v) is 4.61. The molecule has 5 rings (SSSR count). The van der Waals surface area contributed by atoms with Crippen LogP contribution < -0.4 is 20.4 Å². The fourth-order valence-electron chi connectivity index (χ4n) is 4.61. The minimum atomic E-state index is -0.250. The van der Waals surface area contributed by atoms with Crippen LogP contribution in [0.1, 0.15) is 18.1 Å². The molecule has 33 heavy (non-hydrogen) atoms. The number of nitrogens with zero attached hydrogens (tertiary/aromatic N) is 5. The molecule has 0 saturated carbocycles. The molecule has 10 heteroatoms. The minimum absolute atomic E-state index is 0.144. The molecule has 0 bridgehead atoms. The molecule has 4 heterocycles. The maximum atomic E-state index is 13.1. The Morgan fingerprint density at radius 1 is 1.33 bits per heavy atom. The third kappa shape index (κ3) is 4.61.